The summed E-state index contributed by atoms with van der Waals surface area (Å²) in [6.07, 6.45) is 3.28. The molecule has 1 aromatic rings. The first-order chi connectivity index (χ1) is 8.56. The predicted octanol–water partition coefficient (Wildman–Crippen LogP) is 3.77. The van der Waals surface area contributed by atoms with E-state index in [1.165, 1.54) is 18.2 Å². The van der Waals surface area contributed by atoms with Gasteiger partial charge in [-0.1, -0.05) is 27.5 Å². The third-order valence-corrected chi connectivity index (χ3v) is 4.01. The van der Waals surface area contributed by atoms with Crippen LogP contribution in [-0.4, -0.2) is 17.8 Å². The van der Waals surface area contributed by atoms with Crippen LogP contribution in [0.3, 0.4) is 0 Å². The molecule has 0 unspecified atom stereocenters. The van der Waals surface area contributed by atoms with Crippen LogP contribution in [0.1, 0.15) is 29.6 Å². The fourth-order valence-electron chi connectivity index (χ4n) is 1.93. The summed E-state index contributed by atoms with van der Waals surface area (Å²) < 4.78 is 13.5. The van der Waals surface area contributed by atoms with Gasteiger partial charge in [-0.05, 0) is 42.9 Å². The van der Waals surface area contributed by atoms with Crippen molar-refractivity contribution < 1.29 is 9.18 Å². The highest BCUT2D eigenvalue weighted by molar-refractivity contribution is 9.09. The molecule has 1 amide bonds. The number of hydrogen-bond acceptors (Lipinski definition) is 1. The lowest BCUT2D eigenvalue weighted by atomic mass is 10.0. The van der Waals surface area contributed by atoms with E-state index in [0.717, 1.165) is 24.6 Å². The Morgan fingerprint density at radius 2 is 2.22 bits per heavy atom. The summed E-state index contributed by atoms with van der Waals surface area (Å²) in [5, 5.41) is 4.09. The fraction of sp³-hybridized carbons (Fsp3) is 0.462. The van der Waals surface area contributed by atoms with Crippen molar-refractivity contribution in [2.24, 2.45) is 5.41 Å². The molecule has 0 radical (unpaired) electrons. The summed E-state index contributed by atoms with van der Waals surface area (Å²) >= 11 is 9.17. The number of alkyl halides is 1. The van der Waals surface area contributed by atoms with E-state index in [4.69, 9.17) is 11.6 Å². The topological polar surface area (TPSA) is 29.1 Å². The summed E-state index contributed by atoms with van der Waals surface area (Å²) in [7, 11) is 0. The Hall–Kier alpha value is -0.610. The maximum absolute atomic E-state index is 13.5. The number of benzene rings is 1. The maximum Gasteiger partial charge on any atom is 0.254 e. The molecule has 0 aliphatic heterocycles. The van der Waals surface area contributed by atoms with E-state index in [1.807, 2.05) is 0 Å². The van der Waals surface area contributed by atoms with Crippen LogP contribution in [0, 0.1) is 11.2 Å². The van der Waals surface area contributed by atoms with Crippen molar-refractivity contribution in [1.82, 2.24) is 5.32 Å². The van der Waals surface area contributed by atoms with Gasteiger partial charge in [0.15, 0.2) is 0 Å². The monoisotopic (exact) mass is 333 g/mol. The number of hydrogen-bond donors (Lipinski definition) is 1. The number of carbonyl (C=O) groups is 1. The van der Waals surface area contributed by atoms with Gasteiger partial charge in [0.05, 0.1) is 5.56 Å². The standard InChI is InChI=1S/C13H14BrClFNO/c14-6-5-13(3-4-13)8-17-12(18)10-7-9(15)1-2-11(10)16/h1-2,7H,3-6,8H2,(H,17,18). The number of halogens is 3. The Morgan fingerprint density at radius 1 is 1.50 bits per heavy atom. The molecule has 0 atom stereocenters. The Balaban J connectivity index is 1.98. The molecule has 1 N–H and O–H groups in total. The molecule has 1 aliphatic carbocycles. The molecule has 0 aromatic heterocycles. The Morgan fingerprint density at radius 3 is 2.83 bits per heavy atom. The number of amides is 1. The molecule has 98 valence electrons. The van der Waals surface area contributed by atoms with Crippen LogP contribution in [0.5, 0.6) is 0 Å². The number of rotatable bonds is 5. The van der Waals surface area contributed by atoms with Gasteiger partial charge in [-0.2, -0.15) is 0 Å². The van der Waals surface area contributed by atoms with E-state index in [9.17, 15) is 9.18 Å². The van der Waals surface area contributed by atoms with Gasteiger partial charge in [-0.25, -0.2) is 4.39 Å². The zero-order valence-corrected chi connectivity index (χ0v) is 12.2. The molecule has 0 saturated heterocycles. The third-order valence-electron chi connectivity index (χ3n) is 3.38. The molecule has 2 rings (SSSR count). The second-order valence-corrected chi connectivity index (χ2v) is 5.98. The Bertz CT molecular complexity index is 462. The molecule has 18 heavy (non-hydrogen) atoms. The Labute approximate surface area is 119 Å². The van der Waals surface area contributed by atoms with Crippen molar-refractivity contribution in [2.45, 2.75) is 19.3 Å². The van der Waals surface area contributed by atoms with Crippen molar-refractivity contribution >= 4 is 33.4 Å². The molecule has 0 bridgehead atoms. The minimum atomic E-state index is -0.540. The summed E-state index contributed by atoms with van der Waals surface area (Å²) in [5.41, 5.74) is 0.228. The summed E-state index contributed by atoms with van der Waals surface area (Å²) in [6, 6.07) is 4.00. The van der Waals surface area contributed by atoms with Crippen molar-refractivity contribution in [3.8, 4) is 0 Å². The third kappa shape index (κ3) is 3.23. The SMILES string of the molecule is O=C(NCC1(CCBr)CC1)c1cc(Cl)ccc1F. The van der Waals surface area contributed by atoms with Gasteiger partial charge < -0.3 is 5.32 Å². The summed E-state index contributed by atoms with van der Waals surface area (Å²) in [4.78, 5) is 11.9. The largest absolute Gasteiger partial charge is 0.351 e. The first-order valence-corrected chi connectivity index (χ1v) is 7.35. The van der Waals surface area contributed by atoms with Crippen LogP contribution >= 0.6 is 27.5 Å². The minimum Gasteiger partial charge on any atom is -0.351 e. The minimum absolute atomic E-state index is 0.0112. The van der Waals surface area contributed by atoms with E-state index < -0.39 is 11.7 Å². The van der Waals surface area contributed by atoms with E-state index >= 15 is 0 Å². The predicted molar refractivity (Wildman–Crippen MR) is 73.8 cm³/mol. The molecule has 1 fully saturated rings. The van der Waals surface area contributed by atoms with Gasteiger partial charge in [0.25, 0.3) is 5.91 Å². The average molecular weight is 335 g/mol. The molecule has 2 nitrogen and oxygen atoms in total. The highest BCUT2D eigenvalue weighted by atomic mass is 79.9. The van der Waals surface area contributed by atoms with Crippen molar-refractivity contribution in [3.63, 3.8) is 0 Å². The second kappa shape index (κ2) is 5.57. The highest BCUT2D eigenvalue weighted by Crippen LogP contribution is 2.48. The second-order valence-electron chi connectivity index (χ2n) is 4.75. The average Bonchev–Trinajstić information content (AvgIpc) is 3.10. The van der Waals surface area contributed by atoms with Crippen LogP contribution < -0.4 is 5.32 Å². The summed E-state index contributed by atoms with van der Waals surface area (Å²) in [6.45, 7) is 0.601. The lowest BCUT2D eigenvalue weighted by molar-refractivity contribution is 0.0940. The van der Waals surface area contributed by atoms with E-state index in [1.54, 1.807) is 0 Å². The molecular weight excluding hydrogens is 321 g/mol. The van der Waals surface area contributed by atoms with Crippen LogP contribution in [0.4, 0.5) is 4.39 Å². The van der Waals surface area contributed by atoms with Gasteiger partial charge in [-0.3, -0.25) is 4.79 Å². The molecule has 1 aliphatic rings. The molecule has 1 aromatic carbocycles. The van der Waals surface area contributed by atoms with Crippen LogP contribution in [0.25, 0.3) is 0 Å². The molecule has 1 saturated carbocycles. The van der Waals surface area contributed by atoms with Crippen molar-refractivity contribution in [1.29, 1.82) is 0 Å². The van der Waals surface area contributed by atoms with E-state index in [0.29, 0.717) is 11.6 Å². The number of nitrogens with one attached hydrogen (secondary N) is 1. The van der Waals surface area contributed by atoms with Crippen LogP contribution in [0.15, 0.2) is 18.2 Å². The highest BCUT2D eigenvalue weighted by Gasteiger charge is 2.41. The van der Waals surface area contributed by atoms with Gasteiger partial charge in [-0.15, -0.1) is 0 Å². The normalized spacial score (nSPS) is 16.4. The first-order valence-electron chi connectivity index (χ1n) is 5.86. The van der Waals surface area contributed by atoms with Gasteiger partial charge >= 0.3 is 0 Å². The van der Waals surface area contributed by atoms with E-state index in [2.05, 4.69) is 21.2 Å². The zero-order valence-electron chi connectivity index (χ0n) is 9.81. The van der Waals surface area contributed by atoms with Gasteiger partial charge in [0, 0.05) is 16.9 Å². The van der Waals surface area contributed by atoms with Crippen LogP contribution in [0.2, 0.25) is 5.02 Å². The van der Waals surface area contributed by atoms with Gasteiger partial charge in [0.2, 0.25) is 0 Å². The van der Waals surface area contributed by atoms with E-state index in [-0.39, 0.29) is 11.0 Å². The molecule has 0 spiro atoms. The van der Waals surface area contributed by atoms with Crippen molar-refractivity contribution in [2.75, 3.05) is 11.9 Å². The number of carbonyl (C=O) groups excluding carboxylic acids is 1. The van der Waals surface area contributed by atoms with Crippen LogP contribution in [-0.2, 0) is 0 Å². The molecule has 0 heterocycles. The smallest absolute Gasteiger partial charge is 0.254 e. The Kier molecular flexibility index (Phi) is 4.28. The zero-order chi connectivity index (χ0) is 13.2. The lowest BCUT2D eigenvalue weighted by Gasteiger charge is -2.14. The first kappa shape index (κ1) is 13.8. The lowest BCUT2D eigenvalue weighted by Crippen LogP contribution is -2.31. The maximum atomic E-state index is 13.5. The van der Waals surface area contributed by atoms with Gasteiger partial charge in [0.1, 0.15) is 5.82 Å². The molecular formula is C13H14BrClFNO. The quantitative estimate of drug-likeness (QED) is 0.816. The summed E-state index contributed by atoms with van der Waals surface area (Å²) in [5.74, 6) is -0.932. The fourth-order valence-corrected chi connectivity index (χ4v) is 2.94. The molecule has 5 heteroatoms. The van der Waals surface area contributed by atoms with Crippen molar-refractivity contribution in [3.05, 3.63) is 34.6 Å².